The van der Waals surface area contributed by atoms with E-state index in [9.17, 15) is 18.6 Å². The molecule has 3 aliphatic rings. The number of hydrogen-bond acceptors (Lipinski definition) is 11. The van der Waals surface area contributed by atoms with Gasteiger partial charge in [-0.3, -0.25) is 19.5 Å². The van der Waals surface area contributed by atoms with Gasteiger partial charge in [0.1, 0.15) is 13.2 Å². The third kappa shape index (κ3) is 26.6. The van der Waals surface area contributed by atoms with Crippen molar-refractivity contribution >= 4 is 46.5 Å². The van der Waals surface area contributed by atoms with Gasteiger partial charge in [-0.15, -0.1) is 13.9 Å². The first-order valence-corrected chi connectivity index (χ1v) is 21.6. The van der Waals surface area contributed by atoms with Gasteiger partial charge in [0, 0.05) is 84.6 Å². The molecule has 0 amide bonds. The Bertz CT molecular complexity index is 1250. The van der Waals surface area contributed by atoms with E-state index in [1.165, 1.54) is 0 Å². The molecular formula is C33H57IN2O11P3UV+. The smallest absolute Gasteiger partial charge is 0.373 e. The monoisotopic (exact) mass is 1170 g/mol. The zero-order valence-corrected chi connectivity index (χ0v) is 39.1. The molecule has 5 rings (SSSR count). The summed E-state index contributed by atoms with van der Waals surface area (Å²) < 4.78 is 65.1. The molecule has 9 atom stereocenters. The zero-order chi connectivity index (χ0) is 35.4. The molecule has 2 aromatic rings. The Morgan fingerprint density at radius 1 is 0.808 bits per heavy atom. The van der Waals surface area contributed by atoms with Crippen LogP contribution in [0.15, 0.2) is 49.1 Å². The predicted octanol–water partition coefficient (Wildman–Crippen LogP) is 8.96. The second kappa shape index (κ2) is 32.8. The van der Waals surface area contributed by atoms with Crippen molar-refractivity contribution in [2.45, 2.75) is 123 Å². The summed E-state index contributed by atoms with van der Waals surface area (Å²) in [7, 11) is -7.72. The average Bonchev–Trinajstić information content (AvgIpc) is 3.81. The van der Waals surface area contributed by atoms with E-state index in [2.05, 4.69) is 26.3 Å². The van der Waals surface area contributed by atoms with E-state index in [0.29, 0.717) is 24.4 Å². The quantitative estimate of drug-likeness (QED) is 0.111. The van der Waals surface area contributed by atoms with Gasteiger partial charge in [-0.1, -0.05) is 27.0 Å². The Kier molecular flexibility index (Phi) is 36.0. The van der Waals surface area contributed by atoms with Crippen LogP contribution in [0, 0.1) is 36.0 Å². The van der Waals surface area contributed by atoms with Gasteiger partial charge in [0.05, 0.1) is 49.4 Å². The second-order valence-electron chi connectivity index (χ2n) is 11.6. The summed E-state index contributed by atoms with van der Waals surface area (Å²) >= 11 is 1.90. The minimum absolute atomic E-state index is 0. The van der Waals surface area contributed by atoms with Crippen LogP contribution in [-0.4, -0.2) is 76.2 Å². The summed E-state index contributed by atoms with van der Waals surface area (Å²) in [6.45, 7) is 6.87. The molecule has 0 aromatic carbocycles. The Morgan fingerprint density at radius 2 is 1.23 bits per heavy atom. The first-order chi connectivity index (χ1) is 23.0. The number of halogens is 1. The van der Waals surface area contributed by atoms with Crippen molar-refractivity contribution in [1.29, 1.82) is 0 Å². The van der Waals surface area contributed by atoms with Gasteiger partial charge in [-0.2, -0.15) is 0 Å². The number of ether oxygens (including phenoxy) is 3. The number of hydrogen-bond donors (Lipinski definition) is 2. The fourth-order valence-corrected chi connectivity index (χ4v) is 7.33. The molecule has 52 heavy (non-hydrogen) atoms. The maximum Gasteiger partial charge on any atom is 0.694 e. The van der Waals surface area contributed by atoms with Crippen LogP contribution < -0.4 is 0 Å². The van der Waals surface area contributed by atoms with Crippen molar-refractivity contribution in [1.82, 2.24) is 9.97 Å². The molecule has 13 nitrogen and oxygen atoms in total. The fraction of sp³-hybridized carbons (Fsp3) is 0.667. The van der Waals surface area contributed by atoms with Crippen molar-refractivity contribution in [3.63, 3.8) is 0 Å². The molecule has 3 fully saturated rings. The van der Waals surface area contributed by atoms with Crippen LogP contribution in [0.3, 0.4) is 0 Å². The van der Waals surface area contributed by atoms with Gasteiger partial charge in [-0.05, 0) is 81.6 Å². The molecule has 2 aromatic heterocycles. The zero-order valence-electron chi connectivity index (χ0n) is 28.7. The molecule has 295 valence electrons. The Labute approximate surface area is 362 Å². The van der Waals surface area contributed by atoms with E-state index in [1.807, 2.05) is 48.6 Å². The molecule has 0 aliphatic carbocycles. The summed E-state index contributed by atoms with van der Waals surface area (Å²) in [5.41, 5.74) is 1.64. The van der Waals surface area contributed by atoms with Crippen molar-refractivity contribution in [3.05, 3.63) is 65.1 Å². The minimum Gasteiger partial charge on any atom is -0.373 e. The maximum atomic E-state index is 11.9. The Balaban J connectivity index is -0.000000667. The van der Waals surface area contributed by atoms with Crippen LogP contribution in [0.1, 0.15) is 85.3 Å². The summed E-state index contributed by atoms with van der Waals surface area (Å²) in [5.74, 6) is 0. The van der Waals surface area contributed by atoms with Crippen LogP contribution in [0.2, 0.25) is 0 Å². The summed E-state index contributed by atoms with van der Waals surface area (Å²) in [6.07, 6.45) is 13.7. The molecule has 3 aliphatic heterocycles. The van der Waals surface area contributed by atoms with E-state index in [4.69, 9.17) is 28.2 Å². The molecule has 0 bridgehead atoms. The van der Waals surface area contributed by atoms with E-state index < -0.39 is 23.9 Å². The van der Waals surface area contributed by atoms with Gasteiger partial charge >= 0.3 is 23.9 Å². The third-order valence-electron chi connectivity index (χ3n) is 7.34. The number of rotatable bonds is 13. The van der Waals surface area contributed by atoms with Gasteiger partial charge in [-0.25, -0.2) is 0 Å². The van der Waals surface area contributed by atoms with E-state index in [-0.39, 0.29) is 114 Å². The number of aromatic nitrogens is 2. The summed E-state index contributed by atoms with van der Waals surface area (Å²) in [4.78, 5) is 29.2. The number of pyridine rings is 2. The van der Waals surface area contributed by atoms with Crippen LogP contribution >= 0.6 is 46.5 Å². The standard InChI is InChI=1S/C12H18NO4P.C12H17NO3P.C6H11O4P.CH2I.2CH4.U.V/c1-10-4-5-12(17-10)8-16-18(14,15)9-11-3-2-6-13-7-11;1-10-4-5-12(16-10)8-15-17(14)9-11-3-2-6-13-7-11;1-5-2-3-6(10-5)4-9-11(7)8;1-2;;;;/h2-3,6-7,10,12H,4-5,8-9H2,1H3,(H,14,15);2-3,6-7,10,12H,4-5,8-9H2,1H3;5-6H,2-4H2,1H3;1H2;2*1H4;;/q;+1;;-1;;;;/p+1/t2*10-,12-;5-,6-;;;;;/m000...../s1. The van der Waals surface area contributed by atoms with Crippen molar-refractivity contribution in [3.8, 4) is 0 Å². The molecule has 2 N–H and O–H groups in total. The molecular weight excluding hydrogens is 1110 g/mol. The fourth-order valence-electron chi connectivity index (χ4n) is 4.99. The normalized spacial score (nSPS) is 24.4. The molecule has 1 radical (unpaired) electrons. The molecule has 0 saturated carbocycles. The molecule has 19 heteroatoms. The van der Waals surface area contributed by atoms with Gasteiger partial charge in [0.2, 0.25) is 6.16 Å². The van der Waals surface area contributed by atoms with E-state index >= 15 is 0 Å². The predicted molar refractivity (Wildman–Crippen MR) is 205 cm³/mol. The van der Waals surface area contributed by atoms with Crippen molar-refractivity contribution < 1.29 is 101 Å². The van der Waals surface area contributed by atoms with Crippen molar-refractivity contribution in [2.24, 2.45) is 0 Å². The van der Waals surface area contributed by atoms with Crippen LogP contribution in [0.4, 0.5) is 0 Å². The summed E-state index contributed by atoms with van der Waals surface area (Å²) in [5, 5.41) is 0. The van der Waals surface area contributed by atoms with E-state index in [1.54, 1.807) is 36.9 Å². The Morgan fingerprint density at radius 3 is 1.62 bits per heavy atom. The molecule has 3 saturated heterocycles. The topological polar surface area (TPSA) is 173 Å². The van der Waals surface area contributed by atoms with Gasteiger partial charge in [0.25, 0.3) is 0 Å². The van der Waals surface area contributed by atoms with Crippen LogP contribution in [0.25, 0.3) is 0 Å². The Hall–Kier alpha value is 0.776. The van der Waals surface area contributed by atoms with Crippen LogP contribution in [0.5, 0.6) is 0 Å². The first-order valence-electron chi connectivity index (χ1n) is 15.8. The SMILES string of the molecule is C.C.C[C@H]1CC[C@@H](COP(=O)(O)Cc2cccnc2)O1.C[C@H]1CC[C@@H](CO[P+](=O)Cc2cccnc2)O1.C[C@H]1CC[C@@H](CO[P+](=O)O)O1.[CH2-]I.[U].[V]. The third-order valence-corrected chi connectivity index (χ3v) is 10.1. The van der Waals surface area contributed by atoms with Crippen molar-refractivity contribution in [2.75, 3.05) is 19.8 Å². The average molecular weight is 1170 g/mol. The van der Waals surface area contributed by atoms with Crippen LogP contribution in [-0.2, 0) is 72.4 Å². The number of nitrogens with zero attached hydrogens (tertiary/aromatic N) is 2. The summed E-state index contributed by atoms with van der Waals surface area (Å²) in [6, 6.07) is 7.22. The second-order valence-corrected chi connectivity index (χ2v) is 15.4. The minimum atomic E-state index is -3.61. The van der Waals surface area contributed by atoms with Gasteiger partial charge < -0.3 is 46.2 Å². The maximum absolute atomic E-state index is 11.9. The first kappa shape index (κ1) is 57.1. The van der Waals surface area contributed by atoms with E-state index in [0.717, 1.165) is 44.1 Å². The van der Waals surface area contributed by atoms with Gasteiger partial charge in [0.15, 0.2) is 0 Å². The molecule has 0 spiro atoms. The molecule has 3 unspecified atom stereocenters. The largest absolute Gasteiger partial charge is 0.694 e. The molecule has 5 heterocycles.